The Morgan fingerprint density at radius 1 is 0.931 bits per heavy atom. The molecule has 14 nitrogen and oxygen atoms in total. The molecule has 1 saturated heterocycles. The van der Waals surface area contributed by atoms with Gasteiger partial charge in [-0.15, -0.1) is 6.42 Å². The summed E-state index contributed by atoms with van der Waals surface area (Å²) >= 11 is 0. The summed E-state index contributed by atoms with van der Waals surface area (Å²) in [6.45, 7) is 10.5. The summed E-state index contributed by atoms with van der Waals surface area (Å²) < 4.78 is 18.7. The average Bonchev–Trinajstić information content (AvgIpc) is 3.66. The SMILES string of the molecule is C#Cc1cc(Nc2nccc(Oc3ccc(NC(=O)Nc4cc(C(C)(C)C)nn4-c4ccc(OC)cc4)c4ccccc34)n2)cc(C(=O)NCCN2CCOCC2)c1. The second-order valence-corrected chi connectivity index (χ2v) is 14.6. The van der Waals surface area contributed by atoms with Gasteiger partial charge < -0.3 is 30.2 Å². The summed E-state index contributed by atoms with van der Waals surface area (Å²) in [5, 5.41) is 18.4. The molecule has 4 N–H and O–H groups in total. The normalized spacial score (nSPS) is 13.0. The number of urea groups is 1. The predicted molar refractivity (Wildman–Crippen MR) is 225 cm³/mol. The molecule has 0 spiro atoms. The predicted octanol–water partition coefficient (Wildman–Crippen LogP) is 7.34. The summed E-state index contributed by atoms with van der Waals surface area (Å²) in [4.78, 5) is 37.8. The first-order valence-corrected chi connectivity index (χ1v) is 18.9. The van der Waals surface area contributed by atoms with E-state index in [1.165, 1.54) is 0 Å². The molecule has 4 aromatic carbocycles. The molecule has 2 aromatic heterocycles. The summed E-state index contributed by atoms with van der Waals surface area (Å²) in [5.74, 6) is 4.65. The van der Waals surface area contributed by atoms with Crippen LogP contribution in [-0.4, -0.2) is 83.1 Å². The molecule has 1 fully saturated rings. The lowest BCUT2D eigenvalue weighted by atomic mass is 9.92. The fourth-order valence-electron chi connectivity index (χ4n) is 6.37. The molecule has 0 unspecified atom stereocenters. The topological polar surface area (TPSA) is 157 Å². The van der Waals surface area contributed by atoms with E-state index in [2.05, 4.69) is 62.8 Å². The number of anilines is 4. The average molecular weight is 780 g/mol. The molecule has 1 aliphatic heterocycles. The molecule has 0 aliphatic carbocycles. The quantitative estimate of drug-likeness (QED) is 0.0927. The minimum atomic E-state index is -0.442. The Bertz CT molecular complexity index is 2460. The first kappa shape index (κ1) is 39.3. The van der Waals surface area contributed by atoms with E-state index in [0.29, 0.717) is 59.6 Å². The van der Waals surface area contributed by atoms with Crippen molar-refractivity contribution in [2.75, 3.05) is 62.5 Å². The van der Waals surface area contributed by atoms with Crippen LogP contribution in [0.25, 0.3) is 16.5 Å². The number of terminal acetylenes is 1. The highest BCUT2D eigenvalue weighted by atomic mass is 16.5. The molecule has 1 aliphatic rings. The molecular weight excluding hydrogens is 735 g/mol. The first-order valence-electron chi connectivity index (χ1n) is 18.9. The van der Waals surface area contributed by atoms with Crippen molar-refractivity contribution in [2.24, 2.45) is 0 Å². The van der Waals surface area contributed by atoms with Crippen LogP contribution < -0.4 is 30.7 Å². The van der Waals surface area contributed by atoms with Gasteiger partial charge in [0, 0.05) is 77.5 Å². The van der Waals surface area contributed by atoms with Crippen molar-refractivity contribution in [1.29, 1.82) is 0 Å². The minimum Gasteiger partial charge on any atom is -0.497 e. The molecule has 0 saturated carbocycles. The third-order valence-corrected chi connectivity index (χ3v) is 9.45. The van der Waals surface area contributed by atoms with Crippen LogP contribution in [0.3, 0.4) is 0 Å². The summed E-state index contributed by atoms with van der Waals surface area (Å²) in [5.41, 5.74) is 3.40. The maximum absolute atomic E-state index is 13.6. The molecule has 0 atom stereocenters. The number of hydrogen-bond acceptors (Lipinski definition) is 10. The smallest absolute Gasteiger partial charge is 0.324 e. The molecule has 0 radical (unpaired) electrons. The number of benzene rings is 4. The molecule has 3 heterocycles. The highest BCUT2D eigenvalue weighted by Gasteiger charge is 2.22. The number of nitrogens with one attached hydrogen (secondary N) is 4. The molecule has 6 aromatic rings. The van der Waals surface area contributed by atoms with Gasteiger partial charge >= 0.3 is 6.03 Å². The maximum atomic E-state index is 13.6. The zero-order valence-electron chi connectivity index (χ0n) is 32.8. The van der Waals surface area contributed by atoms with Gasteiger partial charge in [-0.1, -0.05) is 51.0 Å². The number of amides is 3. The zero-order chi connectivity index (χ0) is 40.6. The van der Waals surface area contributed by atoms with Crippen molar-refractivity contribution < 1.29 is 23.8 Å². The lowest BCUT2D eigenvalue weighted by Gasteiger charge is -2.26. The Morgan fingerprint density at radius 2 is 1.71 bits per heavy atom. The third kappa shape index (κ3) is 9.52. The van der Waals surface area contributed by atoms with E-state index >= 15 is 0 Å². The third-order valence-electron chi connectivity index (χ3n) is 9.45. The van der Waals surface area contributed by atoms with E-state index in [-0.39, 0.29) is 23.2 Å². The highest BCUT2D eigenvalue weighted by Crippen LogP contribution is 2.35. The number of rotatable bonds is 12. The van der Waals surface area contributed by atoms with Crippen molar-refractivity contribution in [3.63, 3.8) is 0 Å². The zero-order valence-corrected chi connectivity index (χ0v) is 32.8. The van der Waals surface area contributed by atoms with Crippen molar-refractivity contribution >= 4 is 45.9 Å². The van der Waals surface area contributed by atoms with Gasteiger partial charge in [-0.3, -0.25) is 15.0 Å². The van der Waals surface area contributed by atoms with Crippen LogP contribution in [0.15, 0.2) is 97.2 Å². The molecular formula is C44H45N9O5. The Labute approximate surface area is 336 Å². The summed E-state index contributed by atoms with van der Waals surface area (Å²) in [7, 11) is 1.61. The number of aromatic nitrogens is 4. The maximum Gasteiger partial charge on any atom is 0.324 e. The molecule has 296 valence electrons. The van der Waals surface area contributed by atoms with Gasteiger partial charge in [0.25, 0.3) is 5.91 Å². The standard InChI is InChI=1S/C44H45N9O5/c1-6-29-25-30(41(54)45-19-20-52-21-23-57-24-22-52)27-31(26-29)47-42-46-18-17-40(50-42)58-37-16-15-36(34-9-7-8-10-35(34)37)48-43(55)49-39-28-38(44(2,3)4)51-53(39)32-11-13-33(56-5)14-12-32/h1,7-18,25-28H,19-24H2,2-5H3,(H,45,54)(H,46,47,50)(H2,48,49,55). The Morgan fingerprint density at radius 3 is 2.45 bits per heavy atom. The fourth-order valence-corrected chi connectivity index (χ4v) is 6.37. The number of nitrogens with zero attached hydrogens (tertiary/aromatic N) is 5. The van der Waals surface area contributed by atoms with Crippen LogP contribution in [0.1, 0.15) is 42.4 Å². The van der Waals surface area contributed by atoms with Gasteiger partial charge in [0.2, 0.25) is 11.8 Å². The van der Waals surface area contributed by atoms with Gasteiger partial charge in [0.1, 0.15) is 17.3 Å². The Hall–Kier alpha value is -6.95. The van der Waals surface area contributed by atoms with Crippen LogP contribution in [0.5, 0.6) is 17.4 Å². The van der Waals surface area contributed by atoms with Crippen LogP contribution in [-0.2, 0) is 10.2 Å². The van der Waals surface area contributed by atoms with E-state index in [1.807, 2.05) is 54.6 Å². The second kappa shape index (κ2) is 17.5. The number of fused-ring (bicyclic) bond motifs is 1. The van der Waals surface area contributed by atoms with Gasteiger partial charge in [-0.25, -0.2) is 14.5 Å². The lowest BCUT2D eigenvalue weighted by molar-refractivity contribution is 0.0383. The van der Waals surface area contributed by atoms with Crippen molar-refractivity contribution in [3.05, 3.63) is 114 Å². The molecule has 14 heteroatoms. The van der Waals surface area contributed by atoms with Crippen LogP contribution in [0.4, 0.5) is 27.9 Å². The largest absolute Gasteiger partial charge is 0.497 e. The van der Waals surface area contributed by atoms with Crippen molar-refractivity contribution in [2.45, 2.75) is 26.2 Å². The highest BCUT2D eigenvalue weighted by molar-refractivity contribution is 6.07. The fraction of sp³-hybridized carbons (Fsp3) is 0.250. The number of carbonyl (C=O) groups excluding carboxylic acids is 2. The molecule has 58 heavy (non-hydrogen) atoms. The molecule has 7 rings (SSSR count). The van der Waals surface area contributed by atoms with Gasteiger partial charge in [-0.2, -0.15) is 10.1 Å². The number of carbonyl (C=O) groups is 2. The Balaban J connectivity index is 1.05. The van der Waals surface area contributed by atoms with E-state index in [4.69, 9.17) is 25.7 Å². The monoisotopic (exact) mass is 779 g/mol. The first-order chi connectivity index (χ1) is 28.1. The number of ether oxygens (including phenoxy) is 3. The van der Waals surface area contributed by atoms with Crippen molar-refractivity contribution in [3.8, 4) is 35.4 Å². The summed E-state index contributed by atoms with van der Waals surface area (Å²) in [6.07, 6.45) is 7.31. The van der Waals surface area contributed by atoms with Crippen LogP contribution in [0, 0.1) is 12.3 Å². The Kier molecular flexibility index (Phi) is 11.8. The van der Waals surface area contributed by atoms with E-state index in [1.54, 1.807) is 54.4 Å². The number of hydrogen-bond donors (Lipinski definition) is 4. The van der Waals surface area contributed by atoms with Crippen LogP contribution in [0.2, 0.25) is 0 Å². The minimum absolute atomic E-state index is 0.233. The summed E-state index contributed by atoms with van der Waals surface area (Å²) in [6, 6.07) is 26.8. The van der Waals surface area contributed by atoms with E-state index < -0.39 is 6.03 Å². The molecule has 3 amide bonds. The van der Waals surface area contributed by atoms with Crippen LogP contribution >= 0.6 is 0 Å². The van der Waals surface area contributed by atoms with Gasteiger partial charge in [-0.05, 0) is 54.6 Å². The number of morpholine rings is 1. The van der Waals surface area contributed by atoms with Gasteiger partial charge in [0.05, 0.1) is 37.4 Å². The van der Waals surface area contributed by atoms with E-state index in [0.717, 1.165) is 41.8 Å². The van der Waals surface area contributed by atoms with E-state index in [9.17, 15) is 9.59 Å². The number of methoxy groups -OCH3 is 1. The molecule has 0 bridgehead atoms. The van der Waals surface area contributed by atoms with Crippen molar-refractivity contribution in [1.82, 2.24) is 30.0 Å². The van der Waals surface area contributed by atoms with Gasteiger partial charge in [0.15, 0.2) is 0 Å². The second-order valence-electron chi connectivity index (χ2n) is 14.6. The lowest BCUT2D eigenvalue weighted by Crippen LogP contribution is -2.41.